The summed E-state index contributed by atoms with van der Waals surface area (Å²) in [5.74, 6) is 1.97. The maximum absolute atomic E-state index is 5.95. The zero-order chi connectivity index (χ0) is 13.1. The Balaban J connectivity index is 2.09. The third kappa shape index (κ3) is 2.76. The quantitative estimate of drug-likeness (QED) is 0.883. The van der Waals surface area contributed by atoms with E-state index < -0.39 is 0 Å². The third-order valence-electron chi connectivity index (χ3n) is 4.03. The number of rotatable bonds is 4. The van der Waals surface area contributed by atoms with Crippen molar-refractivity contribution < 1.29 is 4.42 Å². The van der Waals surface area contributed by atoms with E-state index >= 15 is 0 Å². The van der Waals surface area contributed by atoms with Gasteiger partial charge in [0, 0.05) is 32.2 Å². The van der Waals surface area contributed by atoms with Crippen LogP contribution < -0.4 is 5.73 Å². The van der Waals surface area contributed by atoms with Gasteiger partial charge in [-0.2, -0.15) is 0 Å². The first-order chi connectivity index (χ1) is 8.65. The van der Waals surface area contributed by atoms with Gasteiger partial charge in [-0.1, -0.05) is 6.92 Å². The first kappa shape index (κ1) is 13.6. The van der Waals surface area contributed by atoms with E-state index in [1.54, 1.807) is 0 Å². The number of aryl methyl sites for hydroxylation is 1. The molecule has 1 aliphatic heterocycles. The molecule has 1 saturated heterocycles. The zero-order valence-corrected chi connectivity index (χ0v) is 11.7. The van der Waals surface area contributed by atoms with Crippen LogP contribution in [0.4, 0.5) is 0 Å². The fraction of sp³-hybridized carbons (Fsp3) is 0.714. The minimum Gasteiger partial charge on any atom is -0.465 e. The van der Waals surface area contributed by atoms with Crippen LogP contribution in [0.15, 0.2) is 16.5 Å². The molecular formula is C14H25N3O. The first-order valence-corrected chi connectivity index (χ1v) is 6.86. The lowest BCUT2D eigenvalue weighted by atomic mass is 10.1. The van der Waals surface area contributed by atoms with Gasteiger partial charge in [0.15, 0.2) is 0 Å². The van der Waals surface area contributed by atoms with Crippen molar-refractivity contribution in [3.05, 3.63) is 23.7 Å². The summed E-state index contributed by atoms with van der Waals surface area (Å²) in [5, 5.41) is 0. The van der Waals surface area contributed by atoms with Crippen molar-refractivity contribution in [2.45, 2.75) is 32.4 Å². The SMILES string of the molecule is CCC1CN(C(CN)c2ccc(C)o2)CCN1C. The van der Waals surface area contributed by atoms with E-state index in [1.807, 2.05) is 13.0 Å². The van der Waals surface area contributed by atoms with E-state index in [0.717, 1.165) is 31.2 Å². The molecule has 2 atom stereocenters. The van der Waals surface area contributed by atoms with E-state index in [-0.39, 0.29) is 6.04 Å². The molecule has 0 saturated carbocycles. The molecule has 0 bridgehead atoms. The Bertz CT molecular complexity index is 377. The molecule has 4 nitrogen and oxygen atoms in total. The summed E-state index contributed by atoms with van der Waals surface area (Å²) in [6.45, 7) is 8.10. The molecule has 0 aromatic carbocycles. The second-order valence-electron chi connectivity index (χ2n) is 5.24. The van der Waals surface area contributed by atoms with Gasteiger partial charge in [-0.15, -0.1) is 0 Å². The van der Waals surface area contributed by atoms with Crippen LogP contribution in [0, 0.1) is 6.92 Å². The maximum Gasteiger partial charge on any atom is 0.122 e. The smallest absolute Gasteiger partial charge is 0.122 e. The molecule has 0 spiro atoms. The molecule has 1 aromatic heterocycles. The Morgan fingerprint density at radius 1 is 1.44 bits per heavy atom. The van der Waals surface area contributed by atoms with Crippen LogP contribution in [0.5, 0.6) is 0 Å². The average Bonchev–Trinajstić information content (AvgIpc) is 2.79. The number of piperazine rings is 1. The normalized spacial score (nSPS) is 24.3. The molecule has 2 rings (SSSR count). The van der Waals surface area contributed by atoms with Gasteiger partial charge in [-0.05, 0) is 32.5 Å². The molecule has 1 aliphatic rings. The van der Waals surface area contributed by atoms with Gasteiger partial charge in [-0.3, -0.25) is 4.90 Å². The highest BCUT2D eigenvalue weighted by Gasteiger charge is 2.29. The van der Waals surface area contributed by atoms with Crippen LogP contribution in [-0.2, 0) is 0 Å². The highest BCUT2D eigenvalue weighted by Crippen LogP contribution is 2.25. The Labute approximate surface area is 110 Å². The van der Waals surface area contributed by atoms with E-state index in [9.17, 15) is 0 Å². The average molecular weight is 251 g/mol. The minimum absolute atomic E-state index is 0.224. The summed E-state index contributed by atoms with van der Waals surface area (Å²) in [5.41, 5.74) is 5.95. The van der Waals surface area contributed by atoms with Gasteiger partial charge in [0.05, 0.1) is 6.04 Å². The summed E-state index contributed by atoms with van der Waals surface area (Å²) >= 11 is 0. The summed E-state index contributed by atoms with van der Waals surface area (Å²) in [6.07, 6.45) is 1.18. The summed E-state index contributed by atoms with van der Waals surface area (Å²) < 4.78 is 5.75. The van der Waals surface area contributed by atoms with Gasteiger partial charge >= 0.3 is 0 Å². The fourth-order valence-corrected chi connectivity index (χ4v) is 2.77. The van der Waals surface area contributed by atoms with Crippen LogP contribution in [0.25, 0.3) is 0 Å². The van der Waals surface area contributed by atoms with Crippen molar-refractivity contribution in [3.8, 4) is 0 Å². The molecule has 2 unspecified atom stereocenters. The van der Waals surface area contributed by atoms with Crippen LogP contribution in [0.1, 0.15) is 30.9 Å². The Morgan fingerprint density at radius 2 is 2.22 bits per heavy atom. The topological polar surface area (TPSA) is 45.6 Å². The summed E-state index contributed by atoms with van der Waals surface area (Å²) in [4.78, 5) is 4.91. The van der Waals surface area contributed by atoms with Gasteiger partial charge in [0.2, 0.25) is 0 Å². The van der Waals surface area contributed by atoms with Crippen LogP contribution in [0.3, 0.4) is 0 Å². The van der Waals surface area contributed by atoms with E-state index in [4.69, 9.17) is 10.2 Å². The molecule has 102 valence electrons. The third-order valence-corrected chi connectivity index (χ3v) is 4.03. The lowest BCUT2D eigenvalue weighted by Crippen LogP contribution is -2.53. The number of nitrogens with two attached hydrogens (primary N) is 1. The zero-order valence-electron chi connectivity index (χ0n) is 11.7. The number of hydrogen-bond acceptors (Lipinski definition) is 4. The molecule has 1 fully saturated rings. The molecule has 0 amide bonds. The molecule has 0 aliphatic carbocycles. The second-order valence-corrected chi connectivity index (χ2v) is 5.24. The van der Waals surface area contributed by atoms with E-state index in [2.05, 4.69) is 29.8 Å². The predicted octanol–water partition coefficient (Wildman–Crippen LogP) is 1.61. The predicted molar refractivity (Wildman–Crippen MR) is 73.5 cm³/mol. The number of hydrogen-bond donors (Lipinski definition) is 1. The van der Waals surface area contributed by atoms with Crippen molar-refractivity contribution >= 4 is 0 Å². The molecule has 2 heterocycles. The summed E-state index contributed by atoms with van der Waals surface area (Å²) in [7, 11) is 2.21. The number of likely N-dealkylation sites (N-methyl/N-ethyl adjacent to an activating group) is 1. The largest absolute Gasteiger partial charge is 0.465 e. The van der Waals surface area contributed by atoms with Crippen molar-refractivity contribution in [1.29, 1.82) is 0 Å². The van der Waals surface area contributed by atoms with Gasteiger partial charge in [0.25, 0.3) is 0 Å². The molecule has 2 N–H and O–H groups in total. The van der Waals surface area contributed by atoms with Crippen LogP contribution >= 0.6 is 0 Å². The van der Waals surface area contributed by atoms with Crippen LogP contribution in [0.2, 0.25) is 0 Å². The number of furan rings is 1. The van der Waals surface area contributed by atoms with E-state index in [0.29, 0.717) is 12.6 Å². The van der Waals surface area contributed by atoms with Crippen molar-refractivity contribution in [2.24, 2.45) is 5.73 Å². The molecule has 4 heteroatoms. The fourth-order valence-electron chi connectivity index (χ4n) is 2.77. The van der Waals surface area contributed by atoms with Gasteiger partial charge in [-0.25, -0.2) is 0 Å². The molecular weight excluding hydrogens is 226 g/mol. The van der Waals surface area contributed by atoms with Crippen LogP contribution in [-0.4, -0.2) is 49.1 Å². The summed E-state index contributed by atoms with van der Waals surface area (Å²) in [6, 6.07) is 4.93. The lowest BCUT2D eigenvalue weighted by Gasteiger charge is -2.42. The van der Waals surface area contributed by atoms with Gasteiger partial charge in [0.1, 0.15) is 11.5 Å². The van der Waals surface area contributed by atoms with Crippen molar-refractivity contribution in [2.75, 3.05) is 33.2 Å². The lowest BCUT2D eigenvalue weighted by molar-refractivity contribution is 0.0572. The van der Waals surface area contributed by atoms with Gasteiger partial charge < -0.3 is 15.1 Å². The molecule has 0 radical (unpaired) electrons. The monoisotopic (exact) mass is 251 g/mol. The standard InChI is InChI=1S/C14H25N3O/c1-4-12-10-17(8-7-16(12)3)13(9-15)14-6-5-11(2)18-14/h5-6,12-13H,4,7-10,15H2,1-3H3. The molecule has 1 aromatic rings. The van der Waals surface area contributed by atoms with Crippen molar-refractivity contribution in [1.82, 2.24) is 9.80 Å². The van der Waals surface area contributed by atoms with Crippen molar-refractivity contribution in [3.63, 3.8) is 0 Å². The molecule has 18 heavy (non-hydrogen) atoms. The first-order valence-electron chi connectivity index (χ1n) is 6.86. The Morgan fingerprint density at radius 3 is 2.78 bits per heavy atom. The Kier molecular flexibility index (Phi) is 4.43. The highest BCUT2D eigenvalue weighted by molar-refractivity contribution is 5.11. The van der Waals surface area contributed by atoms with E-state index in [1.165, 1.54) is 6.42 Å². The minimum atomic E-state index is 0.224. The highest BCUT2D eigenvalue weighted by atomic mass is 16.3. The second kappa shape index (κ2) is 5.87. The number of nitrogens with zero attached hydrogens (tertiary/aromatic N) is 2. The maximum atomic E-state index is 5.95. The Hall–Kier alpha value is -0.840.